The Kier molecular flexibility index (Phi) is 29.2. The summed E-state index contributed by atoms with van der Waals surface area (Å²) in [5.74, 6) is 1.67. The zero-order valence-corrected chi connectivity index (χ0v) is 47.2. The van der Waals surface area contributed by atoms with Crippen molar-refractivity contribution in [2.24, 2.45) is 0 Å². The first-order valence-corrected chi connectivity index (χ1v) is 30.3. The highest BCUT2D eigenvalue weighted by Gasteiger charge is 2.38. The Bertz CT molecular complexity index is 2390. The molecule has 7 rings (SSSR count). The standard InChI is InChI=1S/C52H58N2OS2.C17H26O2.CH4/c1-2-3-4-5-6-25-39-54(40-42-57-52(47-32-19-10-20-33-47,48-34-21-11-22-35-48)49-36-23-12-24-37-49)43-50(55)53-38-41-56-51(44-26-13-7-14-27-44,45-28-15-8-16-29-45)46-30-17-9-18-31-46;1-2-3-4-5-6-7-11-14-17(18)19-15-16-12-9-8-10-13-16;/h7-24,26-37H,2-6,25,38-43H2,1H3,(H,53,55);8-10,12-13H,2-7,11,14-15H2,1H3;1H4. The molecule has 0 unspecified atom stereocenters. The van der Waals surface area contributed by atoms with E-state index >= 15 is 0 Å². The van der Waals surface area contributed by atoms with E-state index in [2.05, 4.69) is 206 Å². The number of unbranched alkanes of at least 4 members (excludes halogenated alkanes) is 11. The van der Waals surface area contributed by atoms with E-state index in [0.29, 0.717) is 26.1 Å². The maximum absolute atomic E-state index is 13.8. The molecule has 0 saturated heterocycles. The fourth-order valence-electron chi connectivity index (χ4n) is 9.94. The van der Waals surface area contributed by atoms with Crippen LogP contribution >= 0.6 is 23.5 Å². The van der Waals surface area contributed by atoms with Crippen molar-refractivity contribution >= 4 is 35.4 Å². The molecule has 0 aliphatic rings. The molecular weight excluding hydrogens is 981 g/mol. The molecule has 0 heterocycles. The minimum Gasteiger partial charge on any atom is -0.461 e. The SMILES string of the molecule is C.CCCCCCCCCC(=O)OCc1ccccc1.CCCCCCCCN(CCSC(c1ccccc1)(c1ccccc1)c1ccccc1)CC(=O)NCCSC(c1ccccc1)(c1ccccc1)c1ccccc1. The molecule has 7 aromatic rings. The lowest BCUT2D eigenvalue weighted by Crippen LogP contribution is -2.40. The smallest absolute Gasteiger partial charge is 0.306 e. The van der Waals surface area contributed by atoms with Crippen molar-refractivity contribution < 1.29 is 14.3 Å². The van der Waals surface area contributed by atoms with Crippen molar-refractivity contribution in [1.82, 2.24) is 10.2 Å². The van der Waals surface area contributed by atoms with E-state index in [1.165, 1.54) is 97.6 Å². The third-order valence-corrected chi connectivity index (χ3v) is 17.0. The fourth-order valence-corrected chi connectivity index (χ4v) is 12.9. The quantitative estimate of drug-likeness (QED) is 0.0251. The Labute approximate surface area is 473 Å². The van der Waals surface area contributed by atoms with Gasteiger partial charge < -0.3 is 10.1 Å². The van der Waals surface area contributed by atoms with Crippen molar-refractivity contribution in [3.63, 3.8) is 0 Å². The van der Waals surface area contributed by atoms with Gasteiger partial charge in [0, 0.05) is 31.0 Å². The molecule has 7 heteroatoms. The molecule has 0 radical (unpaired) electrons. The van der Waals surface area contributed by atoms with E-state index in [1.54, 1.807) is 0 Å². The molecule has 0 spiro atoms. The van der Waals surface area contributed by atoms with Crippen LogP contribution in [-0.2, 0) is 30.4 Å². The number of ether oxygens (including phenoxy) is 1. The van der Waals surface area contributed by atoms with Gasteiger partial charge in [0.25, 0.3) is 0 Å². The van der Waals surface area contributed by atoms with Gasteiger partial charge in [-0.2, -0.15) is 0 Å². The van der Waals surface area contributed by atoms with Crippen LogP contribution in [0.3, 0.4) is 0 Å². The predicted molar refractivity (Wildman–Crippen MR) is 332 cm³/mol. The van der Waals surface area contributed by atoms with E-state index in [-0.39, 0.29) is 24.1 Å². The number of nitrogens with one attached hydrogen (secondary N) is 1. The van der Waals surface area contributed by atoms with E-state index in [9.17, 15) is 9.59 Å². The van der Waals surface area contributed by atoms with E-state index in [0.717, 1.165) is 49.4 Å². The molecule has 77 heavy (non-hydrogen) atoms. The Morgan fingerprint density at radius 1 is 0.429 bits per heavy atom. The van der Waals surface area contributed by atoms with Gasteiger partial charge in [-0.05, 0) is 58.3 Å². The van der Waals surface area contributed by atoms with E-state index in [1.807, 2.05) is 53.9 Å². The van der Waals surface area contributed by atoms with Crippen molar-refractivity contribution in [1.29, 1.82) is 0 Å². The molecular formula is C70H88N2O3S2. The molecule has 1 N–H and O–H groups in total. The van der Waals surface area contributed by atoms with Crippen LogP contribution in [0.15, 0.2) is 212 Å². The molecule has 0 fully saturated rings. The summed E-state index contributed by atoms with van der Waals surface area (Å²) in [5.41, 5.74) is 8.56. The molecule has 0 saturated carbocycles. The number of hydrogen-bond acceptors (Lipinski definition) is 6. The topological polar surface area (TPSA) is 58.6 Å². The van der Waals surface area contributed by atoms with Crippen molar-refractivity contribution in [3.05, 3.63) is 251 Å². The summed E-state index contributed by atoms with van der Waals surface area (Å²) in [4.78, 5) is 27.7. The molecule has 5 nitrogen and oxygen atoms in total. The number of amides is 1. The van der Waals surface area contributed by atoms with E-state index < -0.39 is 4.75 Å². The first kappa shape index (κ1) is 62.0. The predicted octanol–water partition coefficient (Wildman–Crippen LogP) is 17.7. The lowest BCUT2D eigenvalue weighted by Gasteiger charge is -2.36. The van der Waals surface area contributed by atoms with Crippen molar-refractivity contribution in [2.45, 2.75) is 127 Å². The van der Waals surface area contributed by atoms with Gasteiger partial charge >= 0.3 is 5.97 Å². The monoisotopic (exact) mass is 1070 g/mol. The molecule has 0 atom stereocenters. The zero-order valence-electron chi connectivity index (χ0n) is 45.5. The Morgan fingerprint density at radius 3 is 1.16 bits per heavy atom. The summed E-state index contributed by atoms with van der Waals surface area (Å²) in [6.07, 6.45) is 16.5. The van der Waals surface area contributed by atoms with E-state index in [4.69, 9.17) is 4.74 Å². The van der Waals surface area contributed by atoms with Crippen LogP contribution in [0, 0.1) is 0 Å². The molecule has 0 aliphatic carbocycles. The third-order valence-electron chi connectivity index (χ3n) is 14.0. The summed E-state index contributed by atoms with van der Waals surface area (Å²) in [6.45, 7) is 7.63. The van der Waals surface area contributed by atoms with Crippen LogP contribution < -0.4 is 5.32 Å². The summed E-state index contributed by atoms with van der Waals surface area (Å²) < 4.78 is 4.45. The van der Waals surface area contributed by atoms with Gasteiger partial charge in [-0.25, -0.2) is 0 Å². The van der Waals surface area contributed by atoms with Gasteiger partial charge in [0.1, 0.15) is 6.61 Å². The summed E-state index contributed by atoms with van der Waals surface area (Å²) in [7, 11) is 0. The summed E-state index contributed by atoms with van der Waals surface area (Å²) in [5, 5.41) is 3.33. The molecule has 408 valence electrons. The minimum absolute atomic E-state index is 0. The number of carbonyl (C=O) groups excluding carboxylic acids is 2. The lowest BCUT2D eigenvalue weighted by atomic mass is 9.84. The van der Waals surface area contributed by atoms with Gasteiger partial charge in [0.05, 0.1) is 16.0 Å². The normalized spacial score (nSPS) is 11.3. The maximum atomic E-state index is 13.8. The van der Waals surface area contributed by atoms with Gasteiger partial charge in [0.15, 0.2) is 0 Å². The molecule has 0 aromatic heterocycles. The second-order valence-corrected chi connectivity index (χ2v) is 22.3. The van der Waals surface area contributed by atoms with Crippen LogP contribution in [0.4, 0.5) is 0 Å². The van der Waals surface area contributed by atoms with Gasteiger partial charge in [-0.15, -0.1) is 23.5 Å². The Balaban J connectivity index is 0.000000463. The second-order valence-electron chi connectivity index (χ2n) is 19.7. The first-order chi connectivity index (χ1) is 37.5. The highest BCUT2D eigenvalue weighted by atomic mass is 32.2. The highest BCUT2D eigenvalue weighted by Crippen LogP contribution is 2.49. The van der Waals surface area contributed by atoms with Crippen LogP contribution in [0.1, 0.15) is 150 Å². The molecule has 1 amide bonds. The summed E-state index contributed by atoms with van der Waals surface area (Å²) >= 11 is 3.87. The third kappa shape index (κ3) is 20.1. The Hall–Kier alpha value is -5.86. The van der Waals surface area contributed by atoms with Gasteiger partial charge in [0.2, 0.25) is 5.91 Å². The number of carbonyl (C=O) groups is 2. The average molecular weight is 1070 g/mol. The van der Waals surface area contributed by atoms with Crippen LogP contribution in [0.5, 0.6) is 0 Å². The van der Waals surface area contributed by atoms with Crippen LogP contribution in [0.25, 0.3) is 0 Å². The number of hydrogen-bond donors (Lipinski definition) is 1. The number of thioether (sulfide) groups is 2. The van der Waals surface area contributed by atoms with Gasteiger partial charge in [-0.1, -0.05) is 304 Å². The largest absolute Gasteiger partial charge is 0.461 e. The number of esters is 1. The number of benzene rings is 7. The average Bonchev–Trinajstić information content (AvgIpc) is 3.50. The van der Waals surface area contributed by atoms with Crippen LogP contribution in [0.2, 0.25) is 0 Å². The highest BCUT2D eigenvalue weighted by molar-refractivity contribution is 8.00. The number of rotatable bonds is 33. The Morgan fingerprint density at radius 2 is 0.766 bits per heavy atom. The maximum Gasteiger partial charge on any atom is 0.306 e. The van der Waals surface area contributed by atoms with Crippen molar-refractivity contribution in [2.75, 3.05) is 37.7 Å². The second kappa shape index (κ2) is 36.3. The lowest BCUT2D eigenvalue weighted by molar-refractivity contribution is -0.145. The molecule has 7 aromatic carbocycles. The molecule has 0 bridgehead atoms. The first-order valence-electron chi connectivity index (χ1n) is 28.3. The van der Waals surface area contributed by atoms with Gasteiger partial charge in [-0.3, -0.25) is 14.5 Å². The van der Waals surface area contributed by atoms with Crippen molar-refractivity contribution in [3.8, 4) is 0 Å². The van der Waals surface area contributed by atoms with Crippen LogP contribution in [-0.4, -0.2) is 54.5 Å². The summed E-state index contributed by atoms with van der Waals surface area (Å²) in [6, 6.07) is 74.9. The zero-order chi connectivity index (χ0) is 53.2. The molecule has 0 aliphatic heterocycles. The number of nitrogens with zero attached hydrogens (tertiary/aromatic N) is 1. The fraction of sp³-hybridized carbons (Fsp3) is 0.371. The minimum atomic E-state index is -0.404.